The number of hydrogen-bond acceptors (Lipinski definition) is 2. The van der Waals surface area contributed by atoms with Crippen molar-refractivity contribution < 1.29 is 10.1 Å². The first-order valence-corrected chi connectivity index (χ1v) is 4.36. The molecule has 2 heteroatoms. The molecular weight excluding hydrogens is 152 g/mol. The van der Waals surface area contributed by atoms with Crippen molar-refractivity contribution in [3.05, 3.63) is 24.0 Å². The molecular formula is C10H16O2. The van der Waals surface area contributed by atoms with E-state index in [1.165, 1.54) is 0 Å². The fraction of sp³-hybridized carbons (Fsp3) is 0.600. The van der Waals surface area contributed by atoms with Crippen LogP contribution in [0.15, 0.2) is 24.0 Å². The molecule has 0 aliphatic heterocycles. The van der Waals surface area contributed by atoms with Crippen LogP contribution < -0.4 is 0 Å². The highest BCUT2D eigenvalue weighted by Gasteiger charge is 2.23. The van der Waals surface area contributed by atoms with E-state index >= 15 is 0 Å². The molecule has 0 fully saturated rings. The van der Waals surface area contributed by atoms with Crippen LogP contribution in [0.4, 0.5) is 0 Å². The molecule has 0 aromatic carbocycles. The van der Waals surface area contributed by atoms with Crippen molar-refractivity contribution in [2.75, 3.05) is 0 Å². The first-order chi connectivity index (χ1) is 5.65. The summed E-state index contributed by atoms with van der Waals surface area (Å²) in [6.07, 6.45) is 3.88. The summed E-state index contributed by atoms with van der Waals surface area (Å²) < 4.78 is 0. The highest BCUT2D eigenvalue weighted by molar-refractivity contribution is 5.23. The van der Waals surface area contributed by atoms with E-state index in [4.69, 9.17) is 5.26 Å². The van der Waals surface area contributed by atoms with Gasteiger partial charge in [0.1, 0.15) is 5.76 Å². The third-order valence-corrected chi connectivity index (χ3v) is 2.40. The predicted octanol–water partition coefficient (Wildman–Crippen LogP) is 2.98. The van der Waals surface area contributed by atoms with Crippen LogP contribution in [0.25, 0.3) is 0 Å². The second-order valence-corrected chi connectivity index (χ2v) is 3.69. The smallest absolute Gasteiger partial charge is 0.145 e. The Labute approximate surface area is 73.5 Å². The third kappa shape index (κ3) is 1.89. The van der Waals surface area contributed by atoms with Crippen LogP contribution in [-0.4, -0.2) is 5.26 Å². The van der Waals surface area contributed by atoms with Gasteiger partial charge in [0.2, 0.25) is 0 Å². The van der Waals surface area contributed by atoms with Crippen molar-refractivity contribution in [2.45, 2.75) is 26.7 Å². The van der Waals surface area contributed by atoms with Crippen LogP contribution >= 0.6 is 0 Å². The maximum absolute atomic E-state index is 8.62. The average molecular weight is 168 g/mol. The number of allylic oxidation sites excluding steroid dienone is 3. The molecule has 0 radical (unpaired) electrons. The van der Waals surface area contributed by atoms with Gasteiger partial charge >= 0.3 is 0 Å². The second kappa shape index (κ2) is 3.76. The Hall–Kier alpha value is -0.760. The van der Waals surface area contributed by atoms with Crippen LogP contribution in [0.2, 0.25) is 0 Å². The Morgan fingerprint density at radius 2 is 2.33 bits per heavy atom. The lowest BCUT2D eigenvalue weighted by Crippen LogP contribution is -2.16. The molecule has 0 heterocycles. The van der Waals surface area contributed by atoms with Crippen LogP contribution in [0.3, 0.4) is 0 Å². The van der Waals surface area contributed by atoms with E-state index in [2.05, 4.69) is 25.3 Å². The first kappa shape index (κ1) is 9.33. The molecule has 1 rings (SSSR count). The van der Waals surface area contributed by atoms with Crippen LogP contribution in [0, 0.1) is 11.8 Å². The van der Waals surface area contributed by atoms with Gasteiger partial charge in [-0.05, 0) is 24.8 Å². The molecule has 0 aromatic rings. The van der Waals surface area contributed by atoms with Gasteiger partial charge < -0.3 is 4.89 Å². The zero-order valence-electron chi connectivity index (χ0n) is 7.71. The van der Waals surface area contributed by atoms with Crippen LogP contribution in [0.5, 0.6) is 0 Å². The van der Waals surface area contributed by atoms with E-state index in [-0.39, 0.29) is 0 Å². The van der Waals surface area contributed by atoms with Gasteiger partial charge in [-0.2, -0.15) is 0 Å². The molecule has 1 aliphatic rings. The Morgan fingerprint density at radius 3 is 2.83 bits per heavy atom. The second-order valence-electron chi connectivity index (χ2n) is 3.69. The molecule has 0 spiro atoms. The van der Waals surface area contributed by atoms with Gasteiger partial charge in [0, 0.05) is 5.92 Å². The average Bonchev–Trinajstić information content (AvgIpc) is 2.03. The Kier molecular flexibility index (Phi) is 2.93. The van der Waals surface area contributed by atoms with Gasteiger partial charge in [0.25, 0.3) is 0 Å². The van der Waals surface area contributed by atoms with Crippen molar-refractivity contribution in [2.24, 2.45) is 11.8 Å². The van der Waals surface area contributed by atoms with E-state index in [0.29, 0.717) is 17.6 Å². The lowest BCUT2D eigenvalue weighted by atomic mass is 9.84. The summed E-state index contributed by atoms with van der Waals surface area (Å²) >= 11 is 0. The predicted molar refractivity (Wildman–Crippen MR) is 48.5 cm³/mol. The maximum atomic E-state index is 8.62. The van der Waals surface area contributed by atoms with Crippen molar-refractivity contribution >= 4 is 0 Å². The normalized spacial score (nSPS) is 24.2. The Balaban J connectivity index is 2.77. The van der Waals surface area contributed by atoms with Gasteiger partial charge in [-0.15, -0.1) is 0 Å². The van der Waals surface area contributed by atoms with Gasteiger partial charge in [0.15, 0.2) is 0 Å². The SMILES string of the molecule is C=C1C=C(OO)C(C(C)C)CC1. The topological polar surface area (TPSA) is 29.5 Å². The fourth-order valence-electron chi connectivity index (χ4n) is 1.62. The Bertz CT molecular complexity index is 204. The molecule has 0 aromatic heterocycles. The molecule has 12 heavy (non-hydrogen) atoms. The Morgan fingerprint density at radius 1 is 1.67 bits per heavy atom. The van der Waals surface area contributed by atoms with Crippen molar-refractivity contribution in [1.82, 2.24) is 0 Å². The highest BCUT2D eigenvalue weighted by Crippen LogP contribution is 2.32. The van der Waals surface area contributed by atoms with Crippen LogP contribution in [-0.2, 0) is 4.89 Å². The van der Waals surface area contributed by atoms with E-state index < -0.39 is 0 Å². The van der Waals surface area contributed by atoms with Crippen molar-refractivity contribution in [1.29, 1.82) is 0 Å². The standard InChI is InChI=1S/C10H16O2/c1-7(2)9-5-4-8(3)6-10(9)12-11/h6-7,9,11H,3-5H2,1-2H3. The van der Waals surface area contributed by atoms with E-state index in [0.717, 1.165) is 18.4 Å². The minimum absolute atomic E-state index is 0.348. The summed E-state index contributed by atoms with van der Waals surface area (Å²) in [7, 11) is 0. The number of rotatable bonds is 2. The minimum atomic E-state index is 0.348. The number of hydrogen-bond donors (Lipinski definition) is 1. The summed E-state index contributed by atoms with van der Waals surface area (Å²) in [6.45, 7) is 8.10. The third-order valence-electron chi connectivity index (χ3n) is 2.40. The van der Waals surface area contributed by atoms with Crippen molar-refractivity contribution in [3.63, 3.8) is 0 Å². The molecule has 0 bridgehead atoms. The molecule has 0 saturated carbocycles. The summed E-state index contributed by atoms with van der Waals surface area (Å²) in [5, 5.41) is 8.62. The summed E-state index contributed by atoms with van der Waals surface area (Å²) in [5.41, 5.74) is 1.04. The molecule has 1 atom stereocenters. The van der Waals surface area contributed by atoms with Crippen molar-refractivity contribution in [3.8, 4) is 0 Å². The maximum Gasteiger partial charge on any atom is 0.145 e. The quantitative estimate of drug-likeness (QED) is 0.507. The van der Waals surface area contributed by atoms with Gasteiger partial charge in [-0.25, -0.2) is 5.26 Å². The fourth-order valence-corrected chi connectivity index (χ4v) is 1.62. The molecule has 1 N–H and O–H groups in total. The first-order valence-electron chi connectivity index (χ1n) is 4.36. The molecule has 1 unspecified atom stereocenters. The summed E-state index contributed by atoms with van der Waals surface area (Å²) in [4.78, 5) is 4.34. The van der Waals surface area contributed by atoms with E-state index in [1.807, 2.05) is 6.08 Å². The molecule has 68 valence electrons. The zero-order chi connectivity index (χ0) is 9.14. The van der Waals surface area contributed by atoms with Crippen LogP contribution in [0.1, 0.15) is 26.7 Å². The monoisotopic (exact) mass is 168 g/mol. The molecule has 0 amide bonds. The lowest BCUT2D eigenvalue weighted by Gasteiger charge is -2.25. The molecule has 1 aliphatic carbocycles. The molecule has 0 saturated heterocycles. The summed E-state index contributed by atoms with van der Waals surface area (Å²) in [5.74, 6) is 1.53. The lowest BCUT2D eigenvalue weighted by molar-refractivity contribution is -0.214. The highest BCUT2D eigenvalue weighted by atomic mass is 17.1. The van der Waals surface area contributed by atoms with Gasteiger partial charge in [-0.1, -0.05) is 26.0 Å². The minimum Gasteiger partial charge on any atom is -0.344 e. The van der Waals surface area contributed by atoms with E-state index in [1.54, 1.807) is 0 Å². The summed E-state index contributed by atoms with van der Waals surface area (Å²) in [6, 6.07) is 0. The van der Waals surface area contributed by atoms with E-state index in [9.17, 15) is 0 Å². The molecule has 2 nitrogen and oxygen atoms in total. The zero-order valence-corrected chi connectivity index (χ0v) is 7.71. The largest absolute Gasteiger partial charge is 0.344 e. The van der Waals surface area contributed by atoms with Gasteiger partial charge in [0.05, 0.1) is 0 Å². The van der Waals surface area contributed by atoms with Gasteiger partial charge in [-0.3, -0.25) is 0 Å².